The van der Waals surface area contributed by atoms with Crippen LogP contribution in [0.4, 0.5) is 0 Å². The summed E-state index contributed by atoms with van der Waals surface area (Å²) in [4.78, 5) is 0. The smallest absolute Gasteiger partial charge is 0.120 e. The van der Waals surface area contributed by atoms with E-state index < -0.39 is 0 Å². The minimum atomic E-state index is 0.0377. The average Bonchev–Trinajstić information content (AvgIpc) is 2.29. The molecule has 0 fully saturated rings. The summed E-state index contributed by atoms with van der Waals surface area (Å²) in [5, 5.41) is 0. The Labute approximate surface area is 91.7 Å². The van der Waals surface area contributed by atoms with Crippen LogP contribution >= 0.6 is 0 Å². The monoisotopic (exact) mass is 205 g/mol. The van der Waals surface area contributed by atoms with Gasteiger partial charge >= 0.3 is 0 Å². The molecule has 2 unspecified atom stereocenters. The Bertz CT molecular complexity index is 305. The van der Waals surface area contributed by atoms with Gasteiger partial charge in [0.15, 0.2) is 0 Å². The lowest BCUT2D eigenvalue weighted by Gasteiger charge is -2.12. The maximum absolute atomic E-state index is 5.91. The second kappa shape index (κ2) is 5.56. The third-order valence-corrected chi connectivity index (χ3v) is 2.40. The zero-order valence-corrected chi connectivity index (χ0v) is 9.44. The molecular formula is C13H19NO. The van der Waals surface area contributed by atoms with E-state index in [0.717, 1.165) is 17.7 Å². The van der Waals surface area contributed by atoms with E-state index >= 15 is 0 Å². The molecule has 1 rings (SSSR count). The molecule has 0 heterocycles. The first-order valence-electron chi connectivity index (χ1n) is 5.32. The molecular weight excluding hydrogens is 186 g/mol. The average molecular weight is 205 g/mol. The number of ether oxygens (including phenoxy) is 1. The highest BCUT2D eigenvalue weighted by Crippen LogP contribution is 2.19. The molecule has 2 heteroatoms. The molecule has 2 atom stereocenters. The van der Waals surface area contributed by atoms with Crippen molar-refractivity contribution in [3.8, 4) is 5.75 Å². The molecule has 0 aromatic heterocycles. The Morgan fingerprint density at radius 3 is 2.47 bits per heavy atom. The van der Waals surface area contributed by atoms with Crippen LogP contribution in [0.2, 0.25) is 0 Å². The lowest BCUT2D eigenvalue weighted by molar-refractivity contribution is 0.270. The molecule has 15 heavy (non-hydrogen) atoms. The highest BCUT2D eigenvalue weighted by Gasteiger charge is 2.03. The van der Waals surface area contributed by atoms with Crippen molar-refractivity contribution in [1.82, 2.24) is 0 Å². The summed E-state index contributed by atoms with van der Waals surface area (Å²) >= 11 is 0. The number of rotatable bonds is 5. The van der Waals surface area contributed by atoms with Gasteiger partial charge in [-0.05, 0) is 31.0 Å². The first kappa shape index (κ1) is 11.8. The third-order valence-electron chi connectivity index (χ3n) is 2.40. The molecule has 0 spiro atoms. The molecule has 82 valence electrons. The molecule has 0 amide bonds. The van der Waals surface area contributed by atoms with Crippen molar-refractivity contribution in [3.63, 3.8) is 0 Å². The van der Waals surface area contributed by atoms with Crippen LogP contribution < -0.4 is 10.5 Å². The fraction of sp³-hybridized carbons (Fsp3) is 0.385. The summed E-state index contributed by atoms with van der Waals surface area (Å²) in [6.07, 6.45) is 2.75. The molecule has 0 saturated heterocycles. The molecule has 0 saturated carbocycles. The van der Waals surface area contributed by atoms with Crippen LogP contribution in [0.1, 0.15) is 31.9 Å². The molecule has 1 aromatic carbocycles. The Hall–Kier alpha value is -1.28. The second-order valence-corrected chi connectivity index (χ2v) is 3.64. The predicted octanol–water partition coefficient (Wildman–Crippen LogP) is 3.05. The largest absolute Gasteiger partial charge is 0.487 e. The van der Waals surface area contributed by atoms with E-state index in [2.05, 4.69) is 13.5 Å². The second-order valence-electron chi connectivity index (χ2n) is 3.64. The van der Waals surface area contributed by atoms with Gasteiger partial charge < -0.3 is 10.5 Å². The summed E-state index contributed by atoms with van der Waals surface area (Å²) in [6, 6.07) is 8.05. The predicted molar refractivity (Wildman–Crippen MR) is 63.9 cm³/mol. The maximum Gasteiger partial charge on any atom is 0.120 e. The van der Waals surface area contributed by atoms with Gasteiger partial charge in [-0.3, -0.25) is 0 Å². The Kier molecular flexibility index (Phi) is 4.37. The van der Waals surface area contributed by atoms with Crippen LogP contribution in [0, 0.1) is 0 Å². The van der Waals surface area contributed by atoms with Gasteiger partial charge in [-0.15, -0.1) is 0 Å². The standard InChI is InChI=1S/C13H19NO/c1-4-10(3)15-12-8-6-11(7-9-12)13(14)5-2/h4,6-10,13H,1,5,14H2,2-3H3. The van der Waals surface area contributed by atoms with Gasteiger partial charge in [-0.2, -0.15) is 0 Å². The zero-order valence-electron chi connectivity index (χ0n) is 9.44. The van der Waals surface area contributed by atoms with Crippen LogP contribution in [0.15, 0.2) is 36.9 Å². The Morgan fingerprint density at radius 2 is 2.00 bits per heavy atom. The van der Waals surface area contributed by atoms with Crippen LogP contribution in [-0.2, 0) is 0 Å². The number of hydrogen-bond donors (Lipinski definition) is 1. The van der Waals surface area contributed by atoms with Gasteiger partial charge in [0.25, 0.3) is 0 Å². The Balaban J connectivity index is 2.67. The lowest BCUT2D eigenvalue weighted by Crippen LogP contribution is -2.09. The molecule has 2 nitrogen and oxygen atoms in total. The minimum Gasteiger partial charge on any atom is -0.487 e. The van der Waals surface area contributed by atoms with Crippen molar-refractivity contribution < 1.29 is 4.74 Å². The number of nitrogens with two attached hydrogens (primary N) is 1. The number of benzene rings is 1. The topological polar surface area (TPSA) is 35.2 Å². The van der Waals surface area contributed by atoms with Crippen molar-refractivity contribution in [2.45, 2.75) is 32.4 Å². The molecule has 0 aliphatic heterocycles. The quantitative estimate of drug-likeness (QED) is 0.750. The summed E-state index contributed by atoms with van der Waals surface area (Å²) in [5.41, 5.74) is 7.06. The summed E-state index contributed by atoms with van der Waals surface area (Å²) in [5.74, 6) is 0.856. The van der Waals surface area contributed by atoms with Gasteiger partial charge in [0.2, 0.25) is 0 Å². The molecule has 2 N–H and O–H groups in total. The first-order valence-corrected chi connectivity index (χ1v) is 5.32. The van der Waals surface area contributed by atoms with E-state index in [9.17, 15) is 0 Å². The molecule has 0 radical (unpaired) electrons. The van der Waals surface area contributed by atoms with Gasteiger partial charge in [0, 0.05) is 6.04 Å². The van der Waals surface area contributed by atoms with E-state index in [1.165, 1.54) is 0 Å². The van der Waals surface area contributed by atoms with E-state index in [1.54, 1.807) is 6.08 Å². The fourth-order valence-electron chi connectivity index (χ4n) is 1.29. The highest BCUT2D eigenvalue weighted by molar-refractivity contribution is 5.29. The van der Waals surface area contributed by atoms with E-state index in [-0.39, 0.29) is 12.1 Å². The van der Waals surface area contributed by atoms with E-state index in [1.807, 2.05) is 31.2 Å². The van der Waals surface area contributed by atoms with Gasteiger partial charge in [0.1, 0.15) is 11.9 Å². The lowest BCUT2D eigenvalue weighted by atomic mass is 10.1. The van der Waals surface area contributed by atoms with Crippen LogP contribution in [0.3, 0.4) is 0 Å². The van der Waals surface area contributed by atoms with Gasteiger partial charge in [0.05, 0.1) is 0 Å². The van der Waals surface area contributed by atoms with Gasteiger partial charge in [-0.1, -0.05) is 31.7 Å². The van der Waals surface area contributed by atoms with Crippen molar-refractivity contribution in [1.29, 1.82) is 0 Å². The molecule has 0 aliphatic carbocycles. The maximum atomic E-state index is 5.91. The van der Waals surface area contributed by atoms with Crippen molar-refractivity contribution in [2.75, 3.05) is 0 Å². The zero-order chi connectivity index (χ0) is 11.3. The number of hydrogen-bond acceptors (Lipinski definition) is 2. The molecule has 0 bridgehead atoms. The van der Waals surface area contributed by atoms with E-state index in [4.69, 9.17) is 10.5 Å². The van der Waals surface area contributed by atoms with Crippen LogP contribution in [-0.4, -0.2) is 6.10 Å². The van der Waals surface area contributed by atoms with E-state index in [0.29, 0.717) is 0 Å². The van der Waals surface area contributed by atoms with Crippen LogP contribution in [0.25, 0.3) is 0 Å². The van der Waals surface area contributed by atoms with Crippen molar-refractivity contribution >= 4 is 0 Å². The normalized spacial score (nSPS) is 14.3. The van der Waals surface area contributed by atoms with Crippen LogP contribution in [0.5, 0.6) is 5.75 Å². The summed E-state index contributed by atoms with van der Waals surface area (Å²) < 4.78 is 5.57. The summed E-state index contributed by atoms with van der Waals surface area (Å²) in [6.45, 7) is 7.71. The first-order chi connectivity index (χ1) is 7.17. The van der Waals surface area contributed by atoms with Gasteiger partial charge in [-0.25, -0.2) is 0 Å². The SMILES string of the molecule is C=CC(C)Oc1ccc(C(N)CC)cc1. The highest BCUT2D eigenvalue weighted by atomic mass is 16.5. The fourth-order valence-corrected chi connectivity index (χ4v) is 1.29. The third kappa shape index (κ3) is 3.40. The molecule has 1 aromatic rings. The van der Waals surface area contributed by atoms with Crippen molar-refractivity contribution in [3.05, 3.63) is 42.5 Å². The minimum absolute atomic E-state index is 0.0377. The molecule has 0 aliphatic rings. The summed E-state index contributed by atoms with van der Waals surface area (Å²) in [7, 11) is 0. The van der Waals surface area contributed by atoms with Crippen molar-refractivity contribution in [2.24, 2.45) is 5.73 Å². The Morgan fingerprint density at radius 1 is 1.40 bits per heavy atom.